The van der Waals surface area contributed by atoms with Crippen LogP contribution < -0.4 is 22.5 Å². The zero-order chi connectivity index (χ0) is 30.8. The Labute approximate surface area is 261 Å². The third-order valence-electron chi connectivity index (χ3n) is 6.79. The number of nitrogens with two attached hydrogens (primary N) is 3. The van der Waals surface area contributed by atoms with Gasteiger partial charge in [-0.1, -0.05) is 71.7 Å². The van der Waals surface area contributed by atoms with Crippen molar-refractivity contribution in [2.75, 3.05) is 19.6 Å². The summed E-state index contributed by atoms with van der Waals surface area (Å²) in [6.07, 6.45) is 0.546. The summed E-state index contributed by atoms with van der Waals surface area (Å²) in [6.45, 7) is 1.90. The van der Waals surface area contributed by atoms with E-state index in [0.717, 1.165) is 27.8 Å². The summed E-state index contributed by atoms with van der Waals surface area (Å²) in [6, 6.07) is 28.0. The second kappa shape index (κ2) is 15.2. The molecule has 222 valence electrons. The van der Waals surface area contributed by atoms with Crippen LogP contribution in [0.2, 0.25) is 10.0 Å². The number of hydrogen-bond acceptors (Lipinski definition) is 4. The molecule has 0 unspecified atom stereocenters. The molecule has 43 heavy (non-hydrogen) atoms. The van der Waals surface area contributed by atoms with Crippen LogP contribution in [0.1, 0.15) is 37.4 Å². The molecule has 0 aliphatic carbocycles. The van der Waals surface area contributed by atoms with Crippen LogP contribution in [0, 0.1) is 0 Å². The van der Waals surface area contributed by atoms with Crippen LogP contribution in [0.25, 0.3) is 11.1 Å². The highest BCUT2D eigenvalue weighted by molar-refractivity contribution is 6.35. The van der Waals surface area contributed by atoms with Crippen molar-refractivity contribution in [3.8, 4) is 11.1 Å². The van der Waals surface area contributed by atoms with Gasteiger partial charge in [-0.3, -0.25) is 9.59 Å². The van der Waals surface area contributed by atoms with Crippen molar-refractivity contribution in [1.82, 2.24) is 10.2 Å². The number of nitrogens with one attached hydrogen (secondary N) is 1. The first-order chi connectivity index (χ1) is 20.7. The average Bonchev–Trinajstić information content (AvgIpc) is 3.01. The van der Waals surface area contributed by atoms with Gasteiger partial charge >= 0.3 is 0 Å². The second-order valence-electron chi connectivity index (χ2n) is 9.98. The molecule has 4 aromatic rings. The average molecular weight is 618 g/mol. The zero-order valence-corrected chi connectivity index (χ0v) is 25.1. The minimum absolute atomic E-state index is 0.0102. The largest absolute Gasteiger partial charge is 0.370 e. The summed E-state index contributed by atoms with van der Waals surface area (Å²) in [5.74, 6) is -0.288. The molecule has 0 aliphatic heterocycles. The summed E-state index contributed by atoms with van der Waals surface area (Å²) >= 11 is 12.5. The molecule has 0 saturated carbocycles. The molecule has 7 N–H and O–H groups in total. The highest BCUT2D eigenvalue weighted by Crippen LogP contribution is 2.25. The molecular formula is C33H34Cl2N6O2. The van der Waals surface area contributed by atoms with Crippen molar-refractivity contribution >= 4 is 41.0 Å². The van der Waals surface area contributed by atoms with E-state index in [4.69, 9.17) is 40.4 Å². The highest BCUT2D eigenvalue weighted by Gasteiger charge is 2.18. The lowest BCUT2D eigenvalue weighted by molar-refractivity contribution is 0.0745. The fraction of sp³-hybridized carbons (Fsp3) is 0.182. The minimum Gasteiger partial charge on any atom is -0.370 e. The van der Waals surface area contributed by atoms with Gasteiger partial charge in [-0.15, -0.1) is 0 Å². The molecule has 4 aromatic carbocycles. The van der Waals surface area contributed by atoms with E-state index in [0.29, 0.717) is 60.3 Å². The van der Waals surface area contributed by atoms with Crippen molar-refractivity contribution in [2.45, 2.75) is 19.5 Å². The zero-order valence-electron chi connectivity index (χ0n) is 23.6. The lowest BCUT2D eigenvalue weighted by Gasteiger charge is -2.24. The lowest BCUT2D eigenvalue weighted by Crippen LogP contribution is -2.32. The predicted molar refractivity (Wildman–Crippen MR) is 174 cm³/mol. The van der Waals surface area contributed by atoms with E-state index >= 15 is 0 Å². The van der Waals surface area contributed by atoms with Gasteiger partial charge < -0.3 is 27.4 Å². The summed E-state index contributed by atoms with van der Waals surface area (Å²) < 4.78 is 0. The van der Waals surface area contributed by atoms with Crippen molar-refractivity contribution < 1.29 is 9.59 Å². The number of guanidine groups is 1. The van der Waals surface area contributed by atoms with Crippen LogP contribution in [-0.4, -0.2) is 42.3 Å². The van der Waals surface area contributed by atoms with E-state index in [1.165, 1.54) is 0 Å². The van der Waals surface area contributed by atoms with Gasteiger partial charge in [-0.05, 0) is 76.7 Å². The maximum absolute atomic E-state index is 13.8. The second-order valence-corrected chi connectivity index (χ2v) is 10.8. The molecule has 0 bridgehead atoms. The quantitative estimate of drug-likeness (QED) is 0.131. The fourth-order valence-corrected chi connectivity index (χ4v) is 5.05. The number of rotatable bonds is 12. The van der Waals surface area contributed by atoms with Gasteiger partial charge in [0.15, 0.2) is 5.96 Å². The van der Waals surface area contributed by atoms with E-state index in [1.54, 1.807) is 35.2 Å². The number of nitrogens with zero attached hydrogens (tertiary/aromatic N) is 2. The van der Waals surface area contributed by atoms with Crippen LogP contribution in [0.15, 0.2) is 96.0 Å². The molecule has 8 nitrogen and oxygen atoms in total. The summed E-state index contributed by atoms with van der Waals surface area (Å²) in [7, 11) is 0. The van der Waals surface area contributed by atoms with E-state index < -0.39 is 0 Å². The molecule has 0 aromatic heterocycles. The Bertz CT molecular complexity index is 1600. The van der Waals surface area contributed by atoms with E-state index in [1.807, 2.05) is 60.7 Å². The van der Waals surface area contributed by atoms with Crippen LogP contribution >= 0.6 is 23.2 Å². The first kappa shape index (κ1) is 31.6. The number of amides is 2. The summed E-state index contributed by atoms with van der Waals surface area (Å²) in [5, 5.41) is 3.91. The molecule has 0 saturated heterocycles. The van der Waals surface area contributed by atoms with Crippen molar-refractivity contribution in [1.29, 1.82) is 0 Å². The van der Waals surface area contributed by atoms with Gasteiger partial charge in [0.05, 0.1) is 6.54 Å². The third-order valence-corrected chi connectivity index (χ3v) is 7.37. The fourth-order valence-electron chi connectivity index (χ4n) is 4.55. The smallest absolute Gasteiger partial charge is 0.254 e. The van der Waals surface area contributed by atoms with Crippen LogP contribution in [0.4, 0.5) is 0 Å². The maximum atomic E-state index is 13.8. The molecule has 0 spiro atoms. The molecule has 2 amide bonds. The predicted octanol–water partition coefficient (Wildman–Crippen LogP) is 5.01. The van der Waals surface area contributed by atoms with Crippen molar-refractivity contribution in [3.05, 3.63) is 129 Å². The SMILES string of the molecule is NCCNC(=O)c1cccc(-c2cccc(CN(CCc3ccc(Cl)cc3Cl)C(=O)c3ccc(CN=C(N)N)cc3)c2)c1. The van der Waals surface area contributed by atoms with Crippen LogP contribution in [0.5, 0.6) is 0 Å². The van der Waals surface area contributed by atoms with Gasteiger partial charge in [0.1, 0.15) is 0 Å². The number of benzene rings is 4. The van der Waals surface area contributed by atoms with E-state index in [2.05, 4.69) is 10.3 Å². The minimum atomic E-state index is -0.176. The van der Waals surface area contributed by atoms with Crippen molar-refractivity contribution in [2.24, 2.45) is 22.2 Å². The van der Waals surface area contributed by atoms with E-state index in [9.17, 15) is 9.59 Å². The Morgan fingerprint density at radius 1 is 0.814 bits per heavy atom. The Balaban J connectivity index is 1.58. The number of hydrogen-bond donors (Lipinski definition) is 4. The van der Waals surface area contributed by atoms with Gasteiger partial charge in [-0.2, -0.15) is 0 Å². The molecular weight excluding hydrogens is 583 g/mol. The first-order valence-corrected chi connectivity index (χ1v) is 14.5. The molecule has 4 rings (SSSR count). The number of halogens is 2. The van der Waals surface area contributed by atoms with Crippen LogP contribution in [0.3, 0.4) is 0 Å². The Morgan fingerprint density at radius 3 is 2.23 bits per heavy atom. The van der Waals surface area contributed by atoms with Gasteiger partial charge in [-0.25, -0.2) is 4.99 Å². The number of aliphatic imine (C=N–C) groups is 1. The molecule has 0 atom stereocenters. The van der Waals surface area contributed by atoms with Gasteiger partial charge in [0.2, 0.25) is 0 Å². The number of carbonyl (C=O) groups excluding carboxylic acids is 2. The highest BCUT2D eigenvalue weighted by atomic mass is 35.5. The topological polar surface area (TPSA) is 140 Å². The summed E-state index contributed by atoms with van der Waals surface area (Å²) in [5.41, 5.74) is 22.1. The Morgan fingerprint density at radius 2 is 1.53 bits per heavy atom. The normalized spacial score (nSPS) is 10.7. The molecule has 0 heterocycles. The van der Waals surface area contributed by atoms with Crippen molar-refractivity contribution in [3.63, 3.8) is 0 Å². The van der Waals surface area contributed by atoms with Crippen LogP contribution in [-0.2, 0) is 19.5 Å². The van der Waals surface area contributed by atoms with Gasteiger partial charge in [0.25, 0.3) is 11.8 Å². The Kier molecular flexibility index (Phi) is 11.2. The standard InChI is InChI=1S/C33H34Cl2N6O2/c34-29-12-11-24(30(35)19-29)13-16-41(32(43)25-9-7-22(8-10-25)20-40-33(37)38)21-23-3-1-4-26(17-23)27-5-2-6-28(18-27)31(42)39-15-14-36/h1-12,17-19H,13-16,20-21,36H2,(H,39,42)(H4,37,38,40). The maximum Gasteiger partial charge on any atom is 0.254 e. The molecule has 0 aliphatic rings. The molecule has 0 fully saturated rings. The molecule has 10 heteroatoms. The van der Waals surface area contributed by atoms with Gasteiger partial charge in [0, 0.05) is 47.4 Å². The Hall–Kier alpha value is -4.37. The molecule has 0 radical (unpaired) electrons. The lowest BCUT2D eigenvalue weighted by atomic mass is 10.0. The first-order valence-electron chi connectivity index (χ1n) is 13.8. The van der Waals surface area contributed by atoms with E-state index in [-0.39, 0.29) is 17.8 Å². The monoisotopic (exact) mass is 616 g/mol. The number of carbonyl (C=O) groups is 2. The summed E-state index contributed by atoms with van der Waals surface area (Å²) in [4.78, 5) is 32.1. The third kappa shape index (κ3) is 9.06.